The number of nitrogens with two attached hydrogens (primary N) is 1. The van der Waals surface area contributed by atoms with Gasteiger partial charge in [0.15, 0.2) is 0 Å². The van der Waals surface area contributed by atoms with Gasteiger partial charge in [0.25, 0.3) is 5.91 Å². The van der Waals surface area contributed by atoms with Crippen LogP contribution in [0.3, 0.4) is 0 Å². The highest BCUT2D eigenvalue weighted by molar-refractivity contribution is 6.05. The topological polar surface area (TPSA) is 82.5 Å². The standard InChI is InChI=1S/C25H26N4O2/c1-4-20-12-18(11-17-8-6-5-7-9-17)24-22(19-10-16(2)13-27-14-19)23(25(26)30)21(15-31-3)28-29(20)24/h5-10,12-14H,4,11,15H2,1-3H3,(H2,26,30). The van der Waals surface area contributed by atoms with Crippen LogP contribution in [0.15, 0.2) is 54.9 Å². The van der Waals surface area contributed by atoms with E-state index < -0.39 is 5.91 Å². The molecule has 1 aromatic carbocycles. The summed E-state index contributed by atoms with van der Waals surface area (Å²) < 4.78 is 7.30. The van der Waals surface area contributed by atoms with Gasteiger partial charge in [0.05, 0.1) is 17.7 Å². The normalized spacial score (nSPS) is 11.2. The lowest BCUT2D eigenvalue weighted by atomic mass is 9.95. The van der Waals surface area contributed by atoms with Crippen LogP contribution < -0.4 is 5.73 Å². The minimum atomic E-state index is -0.525. The second-order valence-electron chi connectivity index (χ2n) is 7.68. The van der Waals surface area contributed by atoms with E-state index in [1.165, 1.54) is 5.56 Å². The highest BCUT2D eigenvalue weighted by atomic mass is 16.5. The number of aryl methyl sites for hydroxylation is 2. The van der Waals surface area contributed by atoms with Crippen LogP contribution in [0.2, 0.25) is 0 Å². The van der Waals surface area contributed by atoms with Crippen molar-refractivity contribution in [1.29, 1.82) is 0 Å². The quantitative estimate of drug-likeness (QED) is 0.493. The highest BCUT2D eigenvalue weighted by Gasteiger charge is 2.25. The second-order valence-corrected chi connectivity index (χ2v) is 7.68. The molecular weight excluding hydrogens is 388 g/mol. The van der Waals surface area contributed by atoms with E-state index in [9.17, 15) is 4.79 Å². The van der Waals surface area contributed by atoms with Crippen LogP contribution in [0.1, 0.15) is 45.4 Å². The van der Waals surface area contributed by atoms with Crippen LogP contribution in [0.5, 0.6) is 0 Å². The summed E-state index contributed by atoms with van der Waals surface area (Å²) in [6.07, 6.45) is 5.09. The van der Waals surface area contributed by atoms with Gasteiger partial charge in [0, 0.05) is 36.3 Å². The summed E-state index contributed by atoms with van der Waals surface area (Å²) >= 11 is 0. The van der Waals surface area contributed by atoms with Crippen LogP contribution >= 0.6 is 0 Å². The first kappa shape index (κ1) is 20.8. The first-order chi connectivity index (χ1) is 15.0. The number of hydrogen-bond acceptors (Lipinski definition) is 4. The average Bonchev–Trinajstić information content (AvgIpc) is 3.10. The van der Waals surface area contributed by atoms with E-state index in [1.54, 1.807) is 19.5 Å². The number of fused-ring (bicyclic) bond motifs is 1. The van der Waals surface area contributed by atoms with Gasteiger partial charge >= 0.3 is 0 Å². The van der Waals surface area contributed by atoms with Crippen LogP contribution in [0, 0.1) is 6.92 Å². The Morgan fingerprint density at radius 1 is 1.16 bits per heavy atom. The fraction of sp³-hybridized carbons (Fsp3) is 0.240. The lowest BCUT2D eigenvalue weighted by molar-refractivity contribution is 0.0994. The molecular formula is C25H26N4O2. The number of nitrogens with zero attached hydrogens (tertiary/aromatic N) is 3. The van der Waals surface area contributed by atoms with Crippen LogP contribution in [0.25, 0.3) is 16.6 Å². The van der Waals surface area contributed by atoms with E-state index in [0.717, 1.165) is 46.3 Å². The number of benzene rings is 1. The summed E-state index contributed by atoms with van der Waals surface area (Å²) in [5.74, 6) is -0.525. The largest absolute Gasteiger partial charge is 0.378 e. The van der Waals surface area contributed by atoms with Gasteiger partial charge in [0.1, 0.15) is 5.69 Å². The molecule has 2 N–H and O–H groups in total. The number of amides is 1. The van der Waals surface area contributed by atoms with E-state index in [2.05, 4.69) is 30.1 Å². The van der Waals surface area contributed by atoms with Crippen LogP contribution in [-0.2, 0) is 24.2 Å². The zero-order valence-corrected chi connectivity index (χ0v) is 18.1. The number of aromatic nitrogens is 3. The summed E-state index contributed by atoms with van der Waals surface area (Å²) in [7, 11) is 1.59. The Kier molecular flexibility index (Phi) is 5.82. The molecule has 0 saturated carbocycles. The van der Waals surface area contributed by atoms with Crippen molar-refractivity contribution in [2.75, 3.05) is 7.11 Å². The molecule has 0 radical (unpaired) electrons. The molecule has 0 spiro atoms. The van der Waals surface area contributed by atoms with Crippen molar-refractivity contribution in [2.45, 2.75) is 33.3 Å². The van der Waals surface area contributed by atoms with Crippen molar-refractivity contribution in [3.05, 3.63) is 88.5 Å². The first-order valence-electron chi connectivity index (χ1n) is 10.3. The summed E-state index contributed by atoms with van der Waals surface area (Å²) in [5.41, 5.74) is 13.6. The van der Waals surface area contributed by atoms with Gasteiger partial charge in [-0.25, -0.2) is 4.52 Å². The highest BCUT2D eigenvalue weighted by Crippen LogP contribution is 2.35. The maximum absolute atomic E-state index is 12.7. The molecule has 31 heavy (non-hydrogen) atoms. The fourth-order valence-corrected chi connectivity index (χ4v) is 4.10. The molecule has 1 amide bonds. The number of carbonyl (C=O) groups excluding carboxylic acids is 1. The van der Waals surface area contributed by atoms with Crippen molar-refractivity contribution < 1.29 is 9.53 Å². The molecule has 0 aliphatic heterocycles. The maximum atomic E-state index is 12.7. The van der Waals surface area contributed by atoms with Gasteiger partial charge in [0.2, 0.25) is 0 Å². The summed E-state index contributed by atoms with van der Waals surface area (Å²) in [5, 5.41) is 4.80. The molecule has 0 atom stereocenters. The fourth-order valence-electron chi connectivity index (χ4n) is 4.10. The Bertz CT molecular complexity index is 1250. The zero-order chi connectivity index (χ0) is 22.0. The SMILES string of the molecule is CCc1cc(Cc2ccccc2)c2c(-c3cncc(C)c3)c(C(N)=O)c(COC)nn12. The van der Waals surface area contributed by atoms with Gasteiger partial charge in [-0.05, 0) is 48.6 Å². The van der Waals surface area contributed by atoms with E-state index in [0.29, 0.717) is 11.3 Å². The summed E-state index contributed by atoms with van der Waals surface area (Å²) in [6, 6.07) is 14.5. The minimum absolute atomic E-state index is 0.190. The summed E-state index contributed by atoms with van der Waals surface area (Å²) in [6.45, 7) is 4.27. The van der Waals surface area contributed by atoms with Crippen molar-refractivity contribution in [2.24, 2.45) is 5.73 Å². The molecule has 0 bridgehead atoms. The lowest BCUT2D eigenvalue weighted by Gasteiger charge is -2.16. The van der Waals surface area contributed by atoms with E-state index >= 15 is 0 Å². The maximum Gasteiger partial charge on any atom is 0.251 e. The second kappa shape index (κ2) is 8.70. The third kappa shape index (κ3) is 3.94. The van der Waals surface area contributed by atoms with Crippen molar-refractivity contribution >= 4 is 11.4 Å². The number of pyridine rings is 1. The molecule has 0 aliphatic rings. The zero-order valence-electron chi connectivity index (χ0n) is 18.1. The molecule has 4 rings (SSSR count). The van der Waals surface area contributed by atoms with Crippen LogP contribution in [-0.4, -0.2) is 27.6 Å². The Balaban J connectivity index is 2.11. The number of carbonyl (C=O) groups is 1. The van der Waals surface area contributed by atoms with E-state index in [-0.39, 0.29) is 6.61 Å². The van der Waals surface area contributed by atoms with Crippen LogP contribution in [0.4, 0.5) is 0 Å². The summed E-state index contributed by atoms with van der Waals surface area (Å²) in [4.78, 5) is 17.0. The molecule has 6 nitrogen and oxygen atoms in total. The number of ether oxygens (including phenoxy) is 1. The number of methoxy groups -OCH3 is 1. The molecule has 4 aromatic rings. The monoisotopic (exact) mass is 414 g/mol. The number of hydrogen-bond donors (Lipinski definition) is 1. The predicted molar refractivity (Wildman–Crippen MR) is 121 cm³/mol. The van der Waals surface area contributed by atoms with Crippen molar-refractivity contribution in [1.82, 2.24) is 14.6 Å². The van der Waals surface area contributed by atoms with Crippen molar-refractivity contribution in [3.63, 3.8) is 0 Å². The van der Waals surface area contributed by atoms with Gasteiger partial charge in [-0.1, -0.05) is 37.3 Å². The number of primary amides is 1. The number of rotatable bonds is 7. The van der Waals surface area contributed by atoms with Gasteiger partial charge in [-0.15, -0.1) is 0 Å². The molecule has 0 fully saturated rings. The van der Waals surface area contributed by atoms with Gasteiger partial charge < -0.3 is 10.5 Å². The molecule has 3 aromatic heterocycles. The lowest BCUT2D eigenvalue weighted by Crippen LogP contribution is -2.19. The Morgan fingerprint density at radius 3 is 2.58 bits per heavy atom. The molecule has 158 valence electrons. The minimum Gasteiger partial charge on any atom is -0.378 e. The van der Waals surface area contributed by atoms with Gasteiger partial charge in [-0.3, -0.25) is 9.78 Å². The Labute approximate surface area is 181 Å². The Morgan fingerprint density at radius 2 is 1.94 bits per heavy atom. The average molecular weight is 415 g/mol. The molecule has 0 saturated heterocycles. The third-order valence-corrected chi connectivity index (χ3v) is 5.42. The predicted octanol–water partition coefficient (Wildman–Crippen LogP) is 4.10. The Hall–Kier alpha value is -3.51. The molecule has 0 unspecified atom stereocenters. The van der Waals surface area contributed by atoms with Gasteiger partial charge in [-0.2, -0.15) is 5.10 Å². The molecule has 3 heterocycles. The molecule has 6 heteroatoms. The third-order valence-electron chi connectivity index (χ3n) is 5.42. The van der Waals surface area contributed by atoms with E-state index in [1.807, 2.05) is 35.7 Å². The van der Waals surface area contributed by atoms with Crippen molar-refractivity contribution in [3.8, 4) is 11.1 Å². The first-order valence-corrected chi connectivity index (χ1v) is 10.3. The smallest absolute Gasteiger partial charge is 0.251 e. The molecule has 0 aliphatic carbocycles. The van der Waals surface area contributed by atoms with E-state index in [4.69, 9.17) is 15.6 Å².